The Labute approximate surface area is 211 Å². The zero-order valence-electron chi connectivity index (χ0n) is 20.8. The monoisotopic (exact) mass is 491 g/mol. The van der Waals surface area contributed by atoms with E-state index in [0.717, 1.165) is 18.4 Å². The van der Waals surface area contributed by atoms with E-state index in [-0.39, 0.29) is 18.0 Å². The molecule has 1 fully saturated rings. The highest BCUT2D eigenvalue weighted by Crippen LogP contribution is 2.23. The number of anilines is 1. The number of carbonyl (C=O) groups excluding carboxylic acids is 2. The number of nitrogens with zero attached hydrogens (tertiary/aromatic N) is 3. The van der Waals surface area contributed by atoms with E-state index in [1.54, 1.807) is 43.3 Å². The molecule has 0 spiro atoms. The van der Waals surface area contributed by atoms with Crippen LogP contribution in [-0.2, 0) is 6.42 Å². The summed E-state index contributed by atoms with van der Waals surface area (Å²) in [5, 5.41) is 10.0. The van der Waals surface area contributed by atoms with Crippen molar-refractivity contribution < 1.29 is 18.8 Å². The van der Waals surface area contributed by atoms with Gasteiger partial charge in [-0.05, 0) is 49.2 Å². The minimum atomic E-state index is -0.263. The zero-order valence-corrected chi connectivity index (χ0v) is 20.8. The fourth-order valence-corrected chi connectivity index (χ4v) is 4.26. The number of ether oxygens (including phenoxy) is 1. The van der Waals surface area contributed by atoms with Gasteiger partial charge in [0.15, 0.2) is 5.82 Å². The number of hydrogen-bond acceptors (Lipinski definition) is 6. The van der Waals surface area contributed by atoms with E-state index in [1.165, 1.54) is 25.7 Å². The molecule has 1 aliphatic carbocycles. The number of urea groups is 1. The van der Waals surface area contributed by atoms with Gasteiger partial charge in [-0.2, -0.15) is 4.98 Å². The Balaban J connectivity index is 1.29. The first-order chi connectivity index (χ1) is 17.5. The second-order valence-corrected chi connectivity index (χ2v) is 9.06. The average Bonchev–Trinajstić information content (AvgIpc) is 3.23. The molecule has 1 aliphatic rings. The fourth-order valence-electron chi connectivity index (χ4n) is 4.26. The normalized spacial score (nSPS) is 14.1. The third-order valence-electron chi connectivity index (χ3n) is 6.42. The number of rotatable bonds is 8. The van der Waals surface area contributed by atoms with Crippen molar-refractivity contribution in [2.24, 2.45) is 0 Å². The van der Waals surface area contributed by atoms with E-state index in [2.05, 4.69) is 20.8 Å². The van der Waals surface area contributed by atoms with Gasteiger partial charge in [0.2, 0.25) is 0 Å². The molecular formula is C27H33N5O4. The Bertz CT molecular complexity index is 1150. The molecule has 190 valence electrons. The highest BCUT2D eigenvalue weighted by Gasteiger charge is 2.17. The molecule has 0 radical (unpaired) electrons. The average molecular weight is 492 g/mol. The Kier molecular flexibility index (Phi) is 8.54. The van der Waals surface area contributed by atoms with Crippen LogP contribution >= 0.6 is 0 Å². The lowest BCUT2D eigenvalue weighted by atomic mass is 10.1. The summed E-state index contributed by atoms with van der Waals surface area (Å²) in [7, 11) is 3.26. The number of carbonyl (C=O) groups is 2. The van der Waals surface area contributed by atoms with Crippen molar-refractivity contribution in [3.63, 3.8) is 0 Å². The van der Waals surface area contributed by atoms with Crippen LogP contribution in [0.25, 0.3) is 11.5 Å². The second kappa shape index (κ2) is 12.2. The van der Waals surface area contributed by atoms with Crippen LogP contribution in [0.5, 0.6) is 5.75 Å². The largest absolute Gasteiger partial charge is 0.495 e. The second-order valence-electron chi connectivity index (χ2n) is 9.06. The van der Waals surface area contributed by atoms with E-state index in [0.29, 0.717) is 41.7 Å². The van der Waals surface area contributed by atoms with Crippen LogP contribution in [0.15, 0.2) is 53.1 Å². The van der Waals surface area contributed by atoms with Crippen LogP contribution < -0.4 is 15.4 Å². The molecule has 36 heavy (non-hydrogen) atoms. The third kappa shape index (κ3) is 6.62. The van der Waals surface area contributed by atoms with Crippen molar-refractivity contribution >= 4 is 17.6 Å². The van der Waals surface area contributed by atoms with Crippen molar-refractivity contribution in [2.75, 3.05) is 26.0 Å². The molecule has 9 heteroatoms. The summed E-state index contributed by atoms with van der Waals surface area (Å²) in [4.78, 5) is 31.1. The maximum absolute atomic E-state index is 12.6. The molecule has 1 aromatic heterocycles. The summed E-state index contributed by atoms with van der Waals surface area (Å²) in [6, 6.07) is 14.4. The Morgan fingerprint density at radius 3 is 2.50 bits per heavy atom. The predicted molar refractivity (Wildman–Crippen MR) is 137 cm³/mol. The van der Waals surface area contributed by atoms with Crippen molar-refractivity contribution in [3.05, 3.63) is 59.9 Å². The molecule has 2 N–H and O–H groups in total. The molecular weight excluding hydrogens is 458 g/mol. The summed E-state index contributed by atoms with van der Waals surface area (Å²) in [5.41, 5.74) is 1.96. The van der Waals surface area contributed by atoms with Gasteiger partial charge in [0, 0.05) is 37.2 Å². The summed E-state index contributed by atoms with van der Waals surface area (Å²) in [6.45, 7) is 0.403. The molecule has 0 saturated heterocycles. The highest BCUT2D eigenvalue weighted by atomic mass is 16.5. The van der Waals surface area contributed by atoms with Gasteiger partial charge in [0.25, 0.3) is 11.8 Å². The molecule has 0 bridgehead atoms. The van der Waals surface area contributed by atoms with Gasteiger partial charge in [-0.25, -0.2) is 4.79 Å². The Morgan fingerprint density at radius 2 is 1.78 bits per heavy atom. The van der Waals surface area contributed by atoms with Gasteiger partial charge in [-0.15, -0.1) is 0 Å². The van der Waals surface area contributed by atoms with Crippen LogP contribution in [0.4, 0.5) is 10.5 Å². The first kappa shape index (κ1) is 25.2. The van der Waals surface area contributed by atoms with Gasteiger partial charge in [0.1, 0.15) is 5.75 Å². The summed E-state index contributed by atoms with van der Waals surface area (Å²) in [5.74, 6) is 1.42. The lowest BCUT2D eigenvalue weighted by Crippen LogP contribution is -2.34. The van der Waals surface area contributed by atoms with Crippen LogP contribution in [0, 0.1) is 0 Å². The molecule has 0 aliphatic heterocycles. The fraction of sp³-hybridized carbons (Fsp3) is 0.407. The first-order valence-corrected chi connectivity index (χ1v) is 12.4. The summed E-state index contributed by atoms with van der Waals surface area (Å²) < 4.78 is 10.7. The molecule has 3 aromatic rings. The first-order valence-electron chi connectivity index (χ1n) is 12.4. The summed E-state index contributed by atoms with van der Waals surface area (Å²) in [6.07, 6.45) is 7.37. The van der Waals surface area contributed by atoms with E-state index in [1.807, 2.05) is 24.3 Å². The molecule has 0 atom stereocenters. The van der Waals surface area contributed by atoms with Crippen LogP contribution in [-0.4, -0.2) is 53.7 Å². The SMILES string of the molecule is COc1ccccc1NC(=O)N(C)CCc1noc(-c2ccc(C(=O)NC3CCCCCC3)cc2)n1. The predicted octanol–water partition coefficient (Wildman–Crippen LogP) is 4.90. The number of benzene rings is 2. The number of aromatic nitrogens is 2. The van der Waals surface area contributed by atoms with Gasteiger partial charge in [-0.3, -0.25) is 4.79 Å². The van der Waals surface area contributed by atoms with Gasteiger partial charge < -0.3 is 24.8 Å². The molecule has 9 nitrogen and oxygen atoms in total. The number of hydrogen-bond donors (Lipinski definition) is 2. The molecule has 4 rings (SSSR count). The number of likely N-dealkylation sites (N-methyl/N-ethyl adjacent to an activating group) is 1. The molecule has 1 heterocycles. The van der Waals surface area contributed by atoms with E-state index < -0.39 is 0 Å². The van der Waals surface area contributed by atoms with Crippen molar-refractivity contribution in [2.45, 2.75) is 51.0 Å². The smallest absolute Gasteiger partial charge is 0.321 e. The van der Waals surface area contributed by atoms with Crippen molar-refractivity contribution in [1.29, 1.82) is 0 Å². The number of amides is 3. The van der Waals surface area contributed by atoms with Crippen LogP contribution in [0.3, 0.4) is 0 Å². The lowest BCUT2D eigenvalue weighted by Gasteiger charge is -2.18. The quantitative estimate of drug-likeness (QED) is 0.434. The Hall–Kier alpha value is -3.88. The molecule has 2 aromatic carbocycles. The maximum atomic E-state index is 12.6. The van der Waals surface area contributed by atoms with Crippen molar-refractivity contribution in [3.8, 4) is 17.2 Å². The standard InChI is InChI=1S/C27H33N5O4/c1-32(27(34)29-22-11-7-8-12-23(22)35-2)18-17-24-30-26(36-31-24)20-15-13-19(14-16-20)25(33)28-21-9-5-3-4-6-10-21/h7-8,11-16,21H,3-6,9-10,17-18H2,1-2H3,(H,28,33)(H,29,34). The highest BCUT2D eigenvalue weighted by molar-refractivity contribution is 5.94. The molecule has 0 unspecified atom stereocenters. The number of para-hydroxylation sites is 2. The Morgan fingerprint density at radius 1 is 1.06 bits per heavy atom. The van der Waals surface area contributed by atoms with E-state index in [9.17, 15) is 9.59 Å². The minimum absolute atomic E-state index is 0.0471. The number of nitrogens with one attached hydrogen (secondary N) is 2. The lowest BCUT2D eigenvalue weighted by molar-refractivity contribution is 0.0933. The zero-order chi connectivity index (χ0) is 25.3. The molecule has 3 amide bonds. The summed E-state index contributed by atoms with van der Waals surface area (Å²) >= 11 is 0. The molecule has 1 saturated carbocycles. The van der Waals surface area contributed by atoms with Gasteiger partial charge in [-0.1, -0.05) is 43.0 Å². The van der Waals surface area contributed by atoms with Crippen LogP contribution in [0.1, 0.15) is 54.7 Å². The van der Waals surface area contributed by atoms with Gasteiger partial charge >= 0.3 is 6.03 Å². The maximum Gasteiger partial charge on any atom is 0.321 e. The number of methoxy groups -OCH3 is 1. The topological polar surface area (TPSA) is 110 Å². The third-order valence-corrected chi connectivity index (χ3v) is 6.42. The minimum Gasteiger partial charge on any atom is -0.495 e. The van der Waals surface area contributed by atoms with Gasteiger partial charge in [0.05, 0.1) is 12.8 Å². The van der Waals surface area contributed by atoms with Crippen molar-refractivity contribution in [1.82, 2.24) is 20.4 Å². The van der Waals surface area contributed by atoms with E-state index >= 15 is 0 Å². The van der Waals surface area contributed by atoms with E-state index in [4.69, 9.17) is 9.26 Å². The van der Waals surface area contributed by atoms with Crippen LogP contribution in [0.2, 0.25) is 0 Å².